The summed E-state index contributed by atoms with van der Waals surface area (Å²) < 4.78 is 5.82. The van der Waals surface area contributed by atoms with Gasteiger partial charge in [-0.3, -0.25) is 0 Å². The molecule has 1 aromatic heterocycles. The molecule has 0 aliphatic heterocycles. The number of benzene rings is 2. The zero-order chi connectivity index (χ0) is 18.4. The second kappa shape index (κ2) is 7.99. The van der Waals surface area contributed by atoms with Crippen LogP contribution in [0.4, 0.5) is 23.0 Å². The number of nitrogens with zero attached hydrogens (tertiary/aromatic N) is 3. The van der Waals surface area contributed by atoms with Gasteiger partial charge in [-0.1, -0.05) is 12.1 Å². The lowest BCUT2D eigenvalue weighted by Crippen LogP contribution is -2.07. The highest BCUT2D eigenvalue weighted by Crippen LogP contribution is 2.28. The van der Waals surface area contributed by atoms with E-state index in [-0.39, 0.29) is 6.10 Å². The maximum Gasteiger partial charge on any atom is 0.143 e. The van der Waals surface area contributed by atoms with E-state index in [0.717, 1.165) is 17.1 Å². The van der Waals surface area contributed by atoms with E-state index in [9.17, 15) is 0 Å². The number of hydrogen-bond acceptors (Lipinski definition) is 6. The highest BCUT2D eigenvalue weighted by atomic mass is 16.5. The van der Waals surface area contributed by atoms with E-state index in [4.69, 9.17) is 10.00 Å². The van der Waals surface area contributed by atoms with Gasteiger partial charge in [-0.25, -0.2) is 9.97 Å². The summed E-state index contributed by atoms with van der Waals surface area (Å²) >= 11 is 0. The Hall–Kier alpha value is -3.59. The molecule has 0 aliphatic carbocycles. The molecule has 26 heavy (non-hydrogen) atoms. The Labute approximate surface area is 152 Å². The molecule has 3 aromatic rings. The van der Waals surface area contributed by atoms with E-state index in [1.807, 2.05) is 56.3 Å². The molecular weight excluding hydrogens is 326 g/mol. The zero-order valence-electron chi connectivity index (χ0n) is 14.6. The Bertz CT molecular complexity index is 916. The molecule has 6 heteroatoms. The molecule has 0 amide bonds. The standard InChI is InChI=1S/C20H19N5O/c1-14(2)26-18-6-4-3-5-17(18)25-20-11-19(22-13-23-20)24-16-9-7-15(12-21)8-10-16/h3-11,13-14H,1-2H3,(H2,22,23,24,25). The lowest BCUT2D eigenvalue weighted by Gasteiger charge is -2.15. The van der Waals surface area contributed by atoms with Crippen LogP contribution in [0.5, 0.6) is 5.75 Å². The molecule has 2 aromatic carbocycles. The number of nitriles is 1. The fourth-order valence-electron chi connectivity index (χ4n) is 2.33. The maximum atomic E-state index is 8.86. The molecule has 6 nitrogen and oxygen atoms in total. The number of nitrogens with one attached hydrogen (secondary N) is 2. The quantitative estimate of drug-likeness (QED) is 0.678. The summed E-state index contributed by atoms with van der Waals surface area (Å²) in [6, 6.07) is 18.8. The van der Waals surface area contributed by atoms with E-state index >= 15 is 0 Å². The van der Waals surface area contributed by atoms with Gasteiger partial charge in [0.1, 0.15) is 23.7 Å². The van der Waals surface area contributed by atoms with Gasteiger partial charge in [-0.05, 0) is 50.2 Å². The molecular formula is C20H19N5O. The number of ether oxygens (including phenoxy) is 1. The molecule has 1 heterocycles. The van der Waals surface area contributed by atoms with E-state index in [0.29, 0.717) is 17.2 Å². The first-order chi connectivity index (χ1) is 12.6. The largest absolute Gasteiger partial charge is 0.489 e. The Morgan fingerprint density at radius 1 is 0.962 bits per heavy atom. The van der Waals surface area contributed by atoms with Crippen LogP contribution in [0.25, 0.3) is 0 Å². The lowest BCUT2D eigenvalue weighted by atomic mass is 10.2. The summed E-state index contributed by atoms with van der Waals surface area (Å²) in [7, 11) is 0. The molecule has 0 unspecified atom stereocenters. The van der Waals surface area contributed by atoms with Crippen LogP contribution in [-0.2, 0) is 0 Å². The van der Waals surface area contributed by atoms with Gasteiger partial charge in [0, 0.05) is 11.8 Å². The minimum atomic E-state index is 0.0805. The molecule has 0 radical (unpaired) electrons. The molecule has 0 aliphatic rings. The summed E-state index contributed by atoms with van der Waals surface area (Å²) in [5, 5.41) is 15.3. The van der Waals surface area contributed by atoms with Crippen molar-refractivity contribution < 1.29 is 4.74 Å². The first kappa shape index (κ1) is 17.2. The van der Waals surface area contributed by atoms with Crippen LogP contribution in [0.3, 0.4) is 0 Å². The van der Waals surface area contributed by atoms with Gasteiger partial charge >= 0.3 is 0 Å². The van der Waals surface area contributed by atoms with Gasteiger partial charge < -0.3 is 15.4 Å². The van der Waals surface area contributed by atoms with Crippen molar-refractivity contribution in [2.24, 2.45) is 0 Å². The van der Waals surface area contributed by atoms with Crippen LogP contribution in [0.1, 0.15) is 19.4 Å². The number of anilines is 4. The van der Waals surface area contributed by atoms with E-state index in [1.165, 1.54) is 6.33 Å². The van der Waals surface area contributed by atoms with Crippen molar-refractivity contribution in [3.8, 4) is 11.8 Å². The van der Waals surface area contributed by atoms with Crippen molar-refractivity contribution >= 4 is 23.0 Å². The highest BCUT2D eigenvalue weighted by molar-refractivity contribution is 5.67. The molecule has 0 saturated carbocycles. The van der Waals surface area contributed by atoms with Crippen LogP contribution >= 0.6 is 0 Å². The molecule has 0 saturated heterocycles. The minimum absolute atomic E-state index is 0.0805. The molecule has 3 rings (SSSR count). The number of para-hydroxylation sites is 2. The van der Waals surface area contributed by atoms with Crippen molar-refractivity contribution in [1.82, 2.24) is 9.97 Å². The maximum absolute atomic E-state index is 8.86. The third-order valence-corrected chi connectivity index (χ3v) is 3.47. The molecule has 0 spiro atoms. The van der Waals surface area contributed by atoms with E-state index < -0.39 is 0 Å². The molecule has 2 N–H and O–H groups in total. The monoisotopic (exact) mass is 345 g/mol. The summed E-state index contributed by atoms with van der Waals surface area (Å²) in [6.45, 7) is 3.97. The summed E-state index contributed by atoms with van der Waals surface area (Å²) in [5.74, 6) is 2.06. The third-order valence-electron chi connectivity index (χ3n) is 3.47. The van der Waals surface area contributed by atoms with Gasteiger partial charge in [-0.15, -0.1) is 0 Å². The zero-order valence-corrected chi connectivity index (χ0v) is 14.6. The Morgan fingerprint density at radius 2 is 1.65 bits per heavy atom. The molecule has 0 atom stereocenters. The Morgan fingerprint density at radius 3 is 2.35 bits per heavy atom. The predicted octanol–water partition coefficient (Wildman–Crippen LogP) is 4.62. The molecule has 0 bridgehead atoms. The second-order valence-electron chi connectivity index (χ2n) is 5.89. The van der Waals surface area contributed by atoms with Crippen LogP contribution in [0, 0.1) is 11.3 Å². The predicted molar refractivity (Wildman–Crippen MR) is 102 cm³/mol. The lowest BCUT2D eigenvalue weighted by molar-refractivity contribution is 0.244. The first-order valence-corrected chi connectivity index (χ1v) is 8.26. The SMILES string of the molecule is CC(C)Oc1ccccc1Nc1cc(Nc2ccc(C#N)cc2)ncn1. The summed E-state index contributed by atoms with van der Waals surface area (Å²) in [6.07, 6.45) is 1.57. The number of aromatic nitrogens is 2. The Kier molecular flexibility index (Phi) is 5.30. The average Bonchev–Trinajstić information content (AvgIpc) is 2.64. The molecule has 130 valence electrons. The van der Waals surface area contributed by atoms with Crippen LogP contribution in [-0.4, -0.2) is 16.1 Å². The Balaban J connectivity index is 1.76. The van der Waals surface area contributed by atoms with Crippen LogP contribution in [0.2, 0.25) is 0 Å². The van der Waals surface area contributed by atoms with Crippen molar-refractivity contribution in [1.29, 1.82) is 5.26 Å². The van der Waals surface area contributed by atoms with Gasteiger partial charge in [0.05, 0.1) is 23.4 Å². The van der Waals surface area contributed by atoms with Crippen LogP contribution in [0.15, 0.2) is 60.9 Å². The second-order valence-corrected chi connectivity index (χ2v) is 5.89. The van der Waals surface area contributed by atoms with Gasteiger partial charge in [0.15, 0.2) is 0 Å². The minimum Gasteiger partial charge on any atom is -0.489 e. The average molecular weight is 345 g/mol. The van der Waals surface area contributed by atoms with Gasteiger partial charge in [-0.2, -0.15) is 5.26 Å². The summed E-state index contributed by atoms with van der Waals surface area (Å²) in [5.41, 5.74) is 2.30. The highest BCUT2D eigenvalue weighted by Gasteiger charge is 2.07. The first-order valence-electron chi connectivity index (χ1n) is 8.26. The van der Waals surface area contributed by atoms with Gasteiger partial charge in [0.25, 0.3) is 0 Å². The molecule has 0 fully saturated rings. The van der Waals surface area contributed by atoms with Gasteiger partial charge in [0.2, 0.25) is 0 Å². The number of rotatable bonds is 6. The van der Waals surface area contributed by atoms with Crippen molar-refractivity contribution in [2.75, 3.05) is 10.6 Å². The fraction of sp³-hybridized carbons (Fsp3) is 0.150. The number of hydrogen-bond donors (Lipinski definition) is 2. The third kappa shape index (κ3) is 4.48. The van der Waals surface area contributed by atoms with E-state index in [1.54, 1.807) is 12.1 Å². The fourth-order valence-corrected chi connectivity index (χ4v) is 2.33. The normalized spacial score (nSPS) is 10.2. The summed E-state index contributed by atoms with van der Waals surface area (Å²) in [4.78, 5) is 8.49. The van der Waals surface area contributed by atoms with Crippen molar-refractivity contribution in [3.63, 3.8) is 0 Å². The smallest absolute Gasteiger partial charge is 0.143 e. The van der Waals surface area contributed by atoms with Crippen molar-refractivity contribution in [2.45, 2.75) is 20.0 Å². The van der Waals surface area contributed by atoms with E-state index in [2.05, 4.69) is 26.7 Å². The van der Waals surface area contributed by atoms with Crippen LogP contribution < -0.4 is 15.4 Å². The van der Waals surface area contributed by atoms with Crippen molar-refractivity contribution in [3.05, 3.63) is 66.5 Å². The topological polar surface area (TPSA) is 82.9 Å².